The fraction of sp³-hybridized carbons (Fsp3) is 0.455. The SMILES string of the molecule is CC(C)(C)c1cc(N2c3cc4c(cc3B3c5cc(C(C)(C)C)ccc5Oc5cccc2c53)C(C)(C)CCC4(C)C)cc(C(C)(C)C)c1. The number of anilines is 3. The van der Waals surface area contributed by atoms with Gasteiger partial charge < -0.3 is 9.64 Å². The standard InChI is InChI=1S/C44H54BNO/c1-40(2,3)27-17-18-37-34(24-27)45-33-25-31-32(44(12,13)20-19-43(31,10)11)26-36(33)46(35-15-14-16-38(47-37)39(35)45)30-22-28(41(4,5)6)21-29(23-30)42(7,8)9/h14-18,21-26H,19-20H2,1-13H3. The van der Waals surface area contributed by atoms with Crippen molar-refractivity contribution in [1.29, 1.82) is 0 Å². The van der Waals surface area contributed by atoms with Crippen molar-refractivity contribution in [2.24, 2.45) is 0 Å². The van der Waals surface area contributed by atoms with Crippen molar-refractivity contribution in [2.75, 3.05) is 4.90 Å². The molecule has 4 aromatic rings. The highest BCUT2D eigenvalue weighted by molar-refractivity contribution is 6.99. The molecule has 3 heteroatoms. The average Bonchev–Trinajstić information content (AvgIpc) is 2.97. The summed E-state index contributed by atoms with van der Waals surface area (Å²) in [5, 5.41) is 0. The predicted molar refractivity (Wildman–Crippen MR) is 204 cm³/mol. The number of rotatable bonds is 1. The molecule has 3 aliphatic rings. The smallest absolute Gasteiger partial charge is 0.256 e. The van der Waals surface area contributed by atoms with Crippen molar-refractivity contribution in [3.05, 3.63) is 94.5 Å². The van der Waals surface area contributed by atoms with Gasteiger partial charge >= 0.3 is 0 Å². The van der Waals surface area contributed by atoms with Gasteiger partial charge in [-0.15, -0.1) is 0 Å². The maximum atomic E-state index is 6.81. The van der Waals surface area contributed by atoms with Gasteiger partial charge in [0.25, 0.3) is 6.71 Å². The molecule has 2 nitrogen and oxygen atoms in total. The lowest BCUT2D eigenvalue weighted by molar-refractivity contribution is 0.332. The first kappa shape index (κ1) is 32.1. The third kappa shape index (κ3) is 5.15. The van der Waals surface area contributed by atoms with E-state index in [1.807, 2.05) is 0 Å². The summed E-state index contributed by atoms with van der Waals surface area (Å²) in [6.45, 7) is 30.8. The van der Waals surface area contributed by atoms with E-state index in [0.717, 1.165) is 11.5 Å². The number of fused-ring (bicyclic) bond motifs is 5. The number of hydrogen-bond donors (Lipinski definition) is 0. The first-order chi connectivity index (χ1) is 21.7. The lowest BCUT2D eigenvalue weighted by Crippen LogP contribution is -2.60. The normalized spacial score (nSPS) is 17.7. The van der Waals surface area contributed by atoms with E-state index in [-0.39, 0.29) is 33.8 Å². The molecule has 2 heterocycles. The minimum absolute atomic E-state index is 0.0144. The Morgan fingerprint density at radius 2 is 1.15 bits per heavy atom. The van der Waals surface area contributed by atoms with E-state index in [1.165, 1.54) is 74.1 Å². The van der Waals surface area contributed by atoms with Gasteiger partial charge in [-0.25, -0.2) is 0 Å². The van der Waals surface area contributed by atoms with Crippen LogP contribution in [0.2, 0.25) is 0 Å². The first-order valence-electron chi connectivity index (χ1n) is 17.8. The summed E-state index contributed by atoms with van der Waals surface area (Å²) >= 11 is 0. The zero-order valence-electron chi connectivity index (χ0n) is 31.2. The average molecular weight is 624 g/mol. The van der Waals surface area contributed by atoms with Gasteiger partial charge in [0.05, 0.1) is 0 Å². The van der Waals surface area contributed by atoms with Gasteiger partial charge in [-0.05, 0) is 121 Å². The lowest BCUT2D eigenvalue weighted by Gasteiger charge is -2.46. The largest absolute Gasteiger partial charge is 0.458 e. The molecular formula is C44H54BNO. The molecule has 0 bridgehead atoms. The van der Waals surface area contributed by atoms with E-state index < -0.39 is 0 Å². The second-order valence-corrected chi connectivity index (χ2v) is 19.1. The number of ether oxygens (including phenoxy) is 1. The van der Waals surface area contributed by atoms with Gasteiger partial charge in [0, 0.05) is 17.1 Å². The second kappa shape index (κ2) is 10.0. The van der Waals surface area contributed by atoms with Gasteiger partial charge in [-0.2, -0.15) is 0 Å². The van der Waals surface area contributed by atoms with Gasteiger partial charge in [0.15, 0.2) is 0 Å². The zero-order chi connectivity index (χ0) is 34.1. The molecule has 0 atom stereocenters. The topological polar surface area (TPSA) is 12.5 Å². The van der Waals surface area contributed by atoms with Crippen molar-refractivity contribution < 1.29 is 4.74 Å². The Labute approximate surface area is 285 Å². The van der Waals surface area contributed by atoms with Crippen LogP contribution in [0, 0.1) is 0 Å². The van der Waals surface area contributed by atoms with Crippen LogP contribution in [-0.2, 0) is 27.1 Å². The lowest BCUT2D eigenvalue weighted by atomic mass is 9.33. The van der Waals surface area contributed by atoms with Crippen molar-refractivity contribution in [1.82, 2.24) is 0 Å². The minimum atomic E-state index is 0.0144. The molecule has 0 radical (unpaired) electrons. The molecule has 0 fully saturated rings. The summed E-state index contributed by atoms with van der Waals surface area (Å²) < 4.78 is 6.81. The predicted octanol–water partition coefficient (Wildman–Crippen LogP) is 10.3. The molecule has 4 aromatic carbocycles. The Balaban J connectivity index is 1.60. The maximum Gasteiger partial charge on any atom is 0.256 e. The molecule has 1 aliphatic carbocycles. The van der Waals surface area contributed by atoms with Crippen molar-refractivity contribution in [2.45, 2.75) is 130 Å². The molecular weight excluding hydrogens is 569 g/mol. The minimum Gasteiger partial charge on any atom is -0.458 e. The van der Waals surface area contributed by atoms with Crippen molar-refractivity contribution >= 4 is 40.2 Å². The molecule has 47 heavy (non-hydrogen) atoms. The fourth-order valence-electron chi connectivity index (χ4n) is 8.10. The number of benzene rings is 4. The highest BCUT2D eigenvalue weighted by Crippen LogP contribution is 2.50. The second-order valence-electron chi connectivity index (χ2n) is 19.1. The molecule has 0 saturated carbocycles. The van der Waals surface area contributed by atoms with E-state index in [2.05, 4.69) is 162 Å². The van der Waals surface area contributed by atoms with Gasteiger partial charge in [0.1, 0.15) is 11.5 Å². The van der Waals surface area contributed by atoms with Crippen LogP contribution in [0.3, 0.4) is 0 Å². The first-order valence-corrected chi connectivity index (χ1v) is 17.8. The van der Waals surface area contributed by atoms with Gasteiger partial charge in [-0.3, -0.25) is 0 Å². The zero-order valence-corrected chi connectivity index (χ0v) is 31.2. The number of hydrogen-bond acceptors (Lipinski definition) is 2. The van der Waals surface area contributed by atoms with Gasteiger partial charge in [-0.1, -0.05) is 120 Å². The van der Waals surface area contributed by atoms with E-state index >= 15 is 0 Å². The quantitative estimate of drug-likeness (QED) is 0.169. The van der Waals surface area contributed by atoms with Crippen LogP contribution in [0.5, 0.6) is 11.5 Å². The Bertz CT molecular complexity index is 1890. The molecule has 244 valence electrons. The fourth-order valence-corrected chi connectivity index (χ4v) is 8.10. The van der Waals surface area contributed by atoms with Crippen LogP contribution in [-0.4, -0.2) is 6.71 Å². The molecule has 0 aromatic heterocycles. The van der Waals surface area contributed by atoms with E-state index in [0.29, 0.717) is 0 Å². The molecule has 0 N–H and O–H groups in total. The Kier molecular flexibility index (Phi) is 6.86. The molecule has 0 unspecified atom stereocenters. The molecule has 0 spiro atoms. The summed E-state index contributed by atoms with van der Waals surface area (Å²) in [6.07, 6.45) is 2.38. The maximum absolute atomic E-state index is 6.81. The van der Waals surface area contributed by atoms with E-state index in [4.69, 9.17) is 4.74 Å². The third-order valence-corrected chi connectivity index (χ3v) is 11.4. The summed E-state index contributed by atoms with van der Waals surface area (Å²) in [5.41, 5.74) is 15.1. The Morgan fingerprint density at radius 3 is 1.72 bits per heavy atom. The molecule has 2 aliphatic heterocycles. The summed E-state index contributed by atoms with van der Waals surface area (Å²) in [4.78, 5) is 2.58. The van der Waals surface area contributed by atoms with Crippen LogP contribution < -0.4 is 26.0 Å². The monoisotopic (exact) mass is 623 g/mol. The van der Waals surface area contributed by atoms with Crippen LogP contribution in [0.25, 0.3) is 0 Å². The Hall–Kier alpha value is -3.46. The molecule has 0 saturated heterocycles. The third-order valence-electron chi connectivity index (χ3n) is 11.4. The Morgan fingerprint density at radius 1 is 0.574 bits per heavy atom. The van der Waals surface area contributed by atoms with Crippen molar-refractivity contribution in [3.8, 4) is 11.5 Å². The summed E-state index contributed by atoms with van der Waals surface area (Å²) in [5.74, 6) is 1.95. The number of nitrogens with zero attached hydrogens (tertiary/aromatic N) is 1. The van der Waals surface area contributed by atoms with Crippen LogP contribution in [0.15, 0.2) is 66.7 Å². The highest BCUT2D eigenvalue weighted by Gasteiger charge is 2.45. The van der Waals surface area contributed by atoms with E-state index in [9.17, 15) is 0 Å². The summed E-state index contributed by atoms with van der Waals surface area (Å²) in [6, 6.07) is 26.1. The van der Waals surface area contributed by atoms with Crippen LogP contribution in [0.1, 0.15) is 131 Å². The highest BCUT2D eigenvalue weighted by atomic mass is 16.5. The summed E-state index contributed by atoms with van der Waals surface area (Å²) in [7, 11) is 0. The van der Waals surface area contributed by atoms with Crippen molar-refractivity contribution in [3.63, 3.8) is 0 Å². The van der Waals surface area contributed by atoms with Crippen LogP contribution in [0.4, 0.5) is 17.1 Å². The van der Waals surface area contributed by atoms with Gasteiger partial charge in [0.2, 0.25) is 0 Å². The van der Waals surface area contributed by atoms with E-state index in [1.54, 1.807) is 0 Å². The van der Waals surface area contributed by atoms with Crippen LogP contribution >= 0.6 is 0 Å². The molecule has 7 rings (SSSR count). The molecule has 0 amide bonds.